The van der Waals surface area contributed by atoms with Gasteiger partial charge in [-0.25, -0.2) is 18.0 Å². The molecular formula is C9H18N2O5S. The summed E-state index contributed by atoms with van der Waals surface area (Å²) in [6.07, 6.45) is 1.06. The number of carboxylic acids is 1. The molecule has 0 aromatic rings. The first-order valence-electron chi connectivity index (χ1n) is 5.08. The topological polar surface area (TPSA) is 113 Å². The summed E-state index contributed by atoms with van der Waals surface area (Å²) >= 11 is 0. The second-order valence-electron chi connectivity index (χ2n) is 4.09. The number of rotatable bonds is 6. The van der Waals surface area contributed by atoms with Crippen LogP contribution in [-0.2, 0) is 14.6 Å². The third kappa shape index (κ3) is 7.56. The lowest BCUT2D eigenvalue weighted by atomic mass is 10.1. The number of urea groups is 1. The van der Waals surface area contributed by atoms with Gasteiger partial charge in [0.25, 0.3) is 0 Å². The summed E-state index contributed by atoms with van der Waals surface area (Å²) in [5, 5.41) is 13.4. The number of hydrogen-bond acceptors (Lipinski definition) is 4. The molecule has 0 saturated carbocycles. The van der Waals surface area contributed by atoms with E-state index in [0.29, 0.717) is 0 Å². The van der Waals surface area contributed by atoms with Crippen LogP contribution < -0.4 is 10.6 Å². The van der Waals surface area contributed by atoms with Crippen molar-refractivity contribution in [3.63, 3.8) is 0 Å². The van der Waals surface area contributed by atoms with Crippen molar-refractivity contribution in [2.45, 2.75) is 19.9 Å². The minimum absolute atomic E-state index is 0.0465. The first-order chi connectivity index (χ1) is 7.63. The zero-order valence-corrected chi connectivity index (χ0v) is 10.9. The maximum atomic E-state index is 11.3. The predicted molar refractivity (Wildman–Crippen MR) is 62.5 cm³/mol. The molecular weight excluding hydrogens is 248 g/mol. The lowest BCUT2D eigenvalue weighted by molar-refractivity contribution is -0.140. The van der Waals surface area contributed by atoms with E-state index in [4.69, 9.17) is 5.11 Å². The number of sulfone groups is 1. The number of aliphatic carboxylic acids is 1. The minimum atomic E-state index is -3.14. The summed E-state index contributed by atoms with van der Waals surface area (Å²) in [6.45, 7) is 3.28. The highest BCUT2D eigenvalue weighted by Crippen LogP contribution is 2.00. The molecule has 3 N–H and O–H groups in total. The fourth-order valence-electron chi connectivity index (χ4n) is 1.06. The first-order valence-corrected chi connectivity index (χ1v) is 7.14. The highest BCUT2D eigenvalue weighted by molar-refractivity contribution is 7.90. The molecule has 0 aromatic carbocycles. The molecule has 17 heavy (non-hydrogen) atoms. The Morgan fingerprint density at radius 2 is 1.82 bits per heavy atom. The molecule has 2 amide bonds. The number of hydrogen-bond donors (Lipinski definition) is 3. The Labute approximate surface area is 101 Å². The summed E-state index contributed by atoms with van der Waals surface area (Å²) in [5.74, 6) is -1.56. The molecule has 0 radical (unpaired) electrons. The molecule has 1 unspecified atom stereocenters. The fraction of sp³-hybridized carbons (Fsp3) is 0.778. The van der Waals surface area contributed by atoms with Crippen LogP contribution in [-0.4, -0.2) is 50.1 Å². The Morgan fingerprint density at radius 1 is 1.29 bits per heavy atom. The Morgan fingerprint density at radius 3 is 2.18 bits per heavy atom. The predicted octanol–water partition coefficient (Wildman–Crippen LogP) is -0.561. The van der Waals surface area contributed by atoms with Gasteiger partial charge in [0.2, 0.25) is 0 Å². The zero-order valence-electron chi connectivity index (χ0n) is 10.1. The number of carboxylic acid groups (broad SMARTS) is 1. The molecule has 0 heterocycles. The van der Waals surface area contributed by atoms with Gasteiger partial charge in [-0.1, -0.05) is 13.8 Å². The molecule has 0 rings (SSSR count). The molecule has 0 fully saturated rings. The average Bonchev–Trinajstić information content (AvgIpc) is 2.10. The maximum Gasteiger partial charge on any atom is 0.326 e. The molecule has 8 heteroatoms. The van der Waals surface area contributed by atoms with Crippen molar-refractivity contribution >= 4 is 21.8 Å². The van der Waals surface area contributed by atoms with Crippen LogP contribution in [0.15, 0.2) is 0 Å². The molecule has 0 aliphatic rings. The number of nitrogens with one attached hydrogen (secondary N) is 2. The monoisotopic (exact) mass is 266 g/mol. The van der Waals surface area contributed by atoms with Gasteiger partial charge in [-0.3, -0.25) is 0 Å². The third-order valence-electron chi connectivity index (χ3n) is 1.98. The van der Waals surface area contributed by atoms with Gasteiger partial charge in [0.05, 0.1) is 5.75 Å². The van der Waals surface area contributed by atoms with Crippen LogP contribution in [0.2, 0.25) is 0 Å². The van der Waals surface area contributed by atoms with Crippen LogP contribution in [0, 0.1) is 5.92 Å². The summed E-state index contributed by atoms with van der Waals surface area (Å²) in [7, 11) is -3.14. The van der Waals surface area contributed by atoms with Crippen LogP contribution in [0.25, 0.3) is 0 Å². The maximum absolute atomic E-state index is 11.3. The standard InChI is InChI=1S/C9H18N2O5S/c1-6(2)7(8(12)13)11-9(14)10-4-5-17(3,15)16/h6-7H,4-5H2,1-3H3,(H,12,13)(H2,10,11,14). The molecule has 0 aliphatic carbocycles. The molecule has 0 saturated heterocycles. The van der Waals surface area contributed by atoms with Crippen LogP contribution in [0.1, 0.15) is 13.8 Å². The largest absolute Gasteiger partial charge is 0.480 e. The Kier molecular flexibility index (Phi) is 5.94. The van der Waals surface area contributed by atoms with Crippen molar-refractivity contribution < 1.29 is 23.1 Å². The van der Waals surface area contributed by atoms with Crippen molar-refractivity contribution in [1.82, 2.24) is 10.6 Å². The van der Waals surface area contributed by atoms with Crippen LogP contribution >= 0.6 is 0 Å². The Bertz CT molecular complexity index is 377. The SMILES string of the molecule is CC(C)C(NC(=O)NCCS(C)(=O)=O)C(=O)O. The van der Waals surface area contributed by atoms with E-state index in [1.165, 1.54) is 0 Å². The smallest absolute Gasteiger partial charge is 0.326 e. The van der Waals surface area contributed by atoms with E-state index in [1.54, 1.807) is 13.8 Å². The third-order valence-corrected chi connectivity index (χ3v) is 2.92. The van der Waals surface area contributed by atoms with Gasteiger partial charge in [0.15, 0.2) is 0 Å². The molecule has 7 nitrogen and oxygen atoms in total. The second kappa shape index (κ2) is 6.43. The highest BCUT2D eigenvalue weighted by Gasteiger charge is 2.23. The minimum Gasteiger partial charge on any atom is -0.480 e. The fourth-order valence-corrected chi connectivity index (χ4v) is 1.53. The molecule has 1 atom stereocenters. The van der Waals surface area contributed by atoms with Crippen molar-refractivity contribution in [1.29, 1.82) is 0 Å². The Hall–Kier alpha value is -1.31. The van der Waals surface area contributed by atoms with Crippen LogP contribution in [0.5, 0.6) is 0 Å². The summed E-state index contributed by atoms with van der Waals surface area (Å²) in [5.41, 5.74) is 0. The summed E-state index contributed by atoms with van der Waals surface area (Å²) in [4.78, 5) is 22.0. The van der Waals surface area contributed by atoms with E-state index < -0.39 is 27.9 Å². The van der Waals surface area contributed by atoms with Gasteiger partial charge in [-0.2, -0.15) is 0 Å². The van der Waals surface area contributed by atoms with Gasteiger partial charge < -0.3 is 15.7 Å². The quantitative estimate of drug-likeness (QED) is 0.596. The number of carbonyl (C=O) groups excluding carboxylic acids is 1. The zero-order chi connectivity index (χ0) is 13.6. The van der Waals surface area contributed by atoms with E-state index in [0.717, 1.165) is 6.26 Å². The van der Waals surface area contributed by atoms with Gasteiger partial charge in [0.1, 0.15) is 15.9 Å². The van der Waals surface area contributed by atoms with E-state index in [1.807, 2.05) is 0 Å². The summed E-state index contributed by atoms with van der Waals surface area (Å²) in [6, 6.07) is -1.68. The number of carbonyl (C=O) groups is 2. The number of amides is 2. The Balaban J connectivity index is 4.13. The molecule has 100 valence electrons. The van der Waals surface area contributed by atoms with E-state index in [9.17, 15) is 18.0 Å². The first kappa shape index (κ1) is 15.7. The summed E-state index contributed by atoms with van der Waals surface area (Å²) < 4.78 is 21.6. The molecule has 0 aliphatic heterocycles. The van der Waals surface area contributed by atoms with Crippen LogP contribution in [0.4, 0.5) is 4.79 Å². The molecule has 0 bridgehead atoms. The lowest BCUT2D eigenvalue weighted by Gasteiger charge is -2.18. The normalized spacial score (nSPS) is 13.2. The van der Waals surface area contributed by atoms with Crippen LogP contribution in [0.3, 0.4) is 0 Å². The average molecular weight is 266 g/mol. The van der Waals surface area contributed by atoms with E-state index in [-0.39, 0.29) is 18.2 Å². The van der Waals surface area contributed by atoms with Crippen molar-refractivity contribution in [3.05, 3.63) is 0 Å². The van der Waals surface area contributed by atoms with Gasteiger partial charge in [-0.15, -0.1) is 0 Å². The van der Waals surface area contributed by atoms with Gasteiger partial charge in [0, 0.05) is 12.8 Å². The van der Waals surface area contributed by atoms with Gasteiger partial charge >= 0.3 is 12.0 Å². The van der Waals surface area contributed by atoms with E-state index in [2.05, 4.69) is 10.6 Å². The molecule has 0 spiro atoms. The van der Waals surface area contributed by atoms with Crippen molar-refractivity contribution in [2.24, 2.45) is 5.92 Å². The highest BCUT2D eigenvalue weighted by atomic mass is 32.2. The van der Waals surface area contributed by atoms with Crippen molar-refractivity contribution in [3.8, 4) is 0 Å². The lowest BCUT2D eigenvalue weighted by Crippen LogP contribution is -2.49. The van der Waals surface area contributed by atoms with Crippen molar-refractivity contribution in [2.75, 3.05) is 18.6 Å². The second-order valence-corrected chi connectivity index (χ2v) is 6.35. The van der Waals surface area contributed by atoms with Gasteiger partial charge in [-0.05, 0) is 5.92 Å². The molecule has 0 aromatic heterocycles. The van der Waals surface area contributed by atoms with E-state index >= 15 is 0 Å².